The third-order valence-corrected chi connectivity index (χ3v) is 2.94. The number of nitrogens with zero attached hydrogens (tertiary/aromatic N) is 1. The van der Waals surface area contributed by atoms with Crippen LogP contribution >= 0.6 is 0 Å². The lowest BCUT2D eigenvalue weighted by Gasteiger charge is -2.17. The zero-order valence-electron chi connectivity index (χ0n) is 9.21. The van der Waals surface area contributed by atoms with Gasteiger partial charge in [0, 0.05) is 18.7 Å². The number of carbonyl (C=O) groups is 1. The molecule has 1 fully saturated rings. The van der Waals surface area contributed by atoms with E-state index in [9.17, 15) is 4.79 Å². The van der Waals surface area contributed by atoms with Crippen molar-refractivity contribution >= 4 is 5.91 Å². The van der Waals surface area contributed by atoms with Crippen LogP contribution in [0.3, 0.4) is 0 Å². The lowest BCUT2D eigenvalue weighted by molar-refractivity contribution is 0.0725. The summed E-state index contributed by atoms with van der Waals surface area (Å²) in [5.74, 6) is 0.0914. The van der Waals surface area contributed by atoms with Gasteiger partial charge in [0.2, 0.25) is 0 Å². The van der Waals surface area contributed by atoms with E-state index in [1.165, 1.54) is 5.56 Å². The summed E-state index contributed by atoms with van der Waals surface area (Å²) in [7, 11) is 0. The van der Waals surface area contributed by atoms with Crippen molar-refractivity contribution in [1.82, 2.24) is 10.4 Å². The average molecular weight is 204 g/mol. The Morgan fingerprint density at radius 1 is 1.40 bits per heavy atom. The van der Waals surface area contributed by atoms with Gasteiger partial charge in [0.25, 0.3) is 5.91 Å². The van der Waals surface area contributed by atoms with Crippen LogP contribution < -0.4 is 5.43 Å². The summed E-state index contributed by atoms with van der Waals surface area (Å²) in [6.45, 7) is 5.74. The van der Waals surface area contributed by atoms with Crippen molar-refractivity contribution in [3.05, 3.63) is 34.9 Å². The highest BCUT2D eigenvalue weighted by Gasteiger charge is 2.20. The van der Waals surface area contributed by atoms with E-state index in [0.29, 0.717) is 0 Å². The van der Waals surface area contributed by atoms with Gasteiger partial charge in [-0.15, -0.1) is 0 Å². The summed E-state index contributed by atoms with van der Waals surface area (Å²) in [4.78, 5) is 12.1. The summed E-state index contributed by atoms with van der Waals surface area (Å²) in [5.41, 5.74) is 6.14. The number of hydrazine groups is 1. The molecule has 0 bridgehead atoms. The van der Waals surface area contributed by atoms with Crippen LogP contribution in [0.1, 0.15) is 27.9 Å². The molecule has 1 amide bonds. The van der Waals surface area contributed by atoms with E-state index < -0.39 is 0 Å². The predicted octanol–water partition coefficient (Wildman–Crippen LogP) is 1.65. The maximum atomic E-state index is 12.1. The number of rotatable bonds is 1. The van der Waals surface area contributed by atoms with Crippen molar-refractivity contribution in [2.24, 2.45) is 0 Å². The molecule has 1 aromatic rings. The number of benzene rings is 1. The fourth-order valence-corrected chi connectivity index (χ4v) is 1.83. The van der Waals surface area contributed by atoms with E-state index in [1.54, 1.807) is 5.01 Å². The highest BCUT2D eigenvalue weighted by Crippen LogP contribution is 2.15. The molecule has 0 aliphatic carbocycles. The molecule has 80 valence electrons. The monoisotopic (exact) mass is 204 g/mol. The van der Waals surface area contributed by atoms with E-state index in [0.717, 1.165) is 30.6 Å². The first kappa shape index (κ1) is 10.2. The SMILES string of the molecule is Cc1cccc(C(=O)N2CCCN2)c1C. The van der Waals surface area contributed by atoms with Crippen molar-refractivity contribution < 1.29 is 4.79 Å². The molecule has 1 saturated heterocycles. The van der Waals surface area contributed by atoms with Crippen molar-refractivity contribution in [1.29, 1.82) is 0 Å². The number of amides is 1. The van der Waals surface area contributed by atoms with E-state index in [-0.39, 0.29) is 5.91 Å². The summed E-state index contributed by atoms with van der Waals surface area (Å²) < 4.78 is 0. The van der Waals surface area contributed by atoms with E-state index in [2.05, 4.69) is 5.43 Å². The van der Waals surface area contributed by atoms with E-state index >= 15 is 0 Å². The normalized spacial score (nSPS) is 15.7. The zero-order chi connectivity index (χ0) is 10.8. The molecule has 2 rings (SSSR count). The first-order valence-corrected chi connectivity index (χ1v) is 5.32. The molecular weight excluding hydrogens is 188 g/mol. The number of aryl methyl sites for hydroxylation is 1. The Kier molecular flexibility index (Phi) is 2.73. The molecular formula is C12H16N2O. The number of hydrogen-bond donors (Lipinski definition) is 1. The molecule has 3 heteroatoms. The number of hydrogen-bond acceptors (Lipinski definition) is 2. The minimum atomic E-state index is 0.0914. The molecule has 1 N–H and O–H groups in total. The average Bonchev–Trinajstić information content (AvgIpc) is 2.74. The molecule has 0 saturated carbocycles. The Balaban J connectivity index is 2.28. The Bertz CT molecular complexity index is 381. The minimum Gasteiger partial charge on any atom is -0.274 e. The molecule has 0 radical (unpaired) electrons. The number of nitrogens with one attached hydrogen (secondary N) is 1. The van der Waals surface area contributed by atoms with Crippen LogP contribution in [0.4, 0.5) is 0 Å². The highest BCUT2D eigenvalue weighted by atomic mass is 16.2. The third-order valence-electron chi connectivity index (χ3n) is 2.94. The van der Waals surface area contributed by atoms with Gasteiger partial charge in [0.15, 0.2) is 0 Å². The molecule has 3 nitrogen and oxygen atoms in total. The molecule has 15 heavy (non-hydrogen) atoms. The molecule has 1 heterocycles. The quantitative estimate of drug-likeness (QED) is 0.754. The maximum Gasteiger partial charge on any atom is 0.268 e. The van der Waals surface area contributed by atoms with Crippen LogP contribution in [0.2, 0.25) is 0 Å². The topological polar surface area (TPSA) is 32.3 Å². The molecule has 0 unspecified atom stereocenters. The first-order chi connectivity index (χ1) is 7.20. The smallest absolute Gasteiger partial charge is 0.268 e. The second kappa shape index (κ2) is 4.03. The summed E-state index contributed by atoms with van der Waals surface area (Å²) >= 11 is 0. The molecule has 1 aromatic carbocycles. The predicted molar refractivity (Wildman–Crippen MR) is 59.6 cm³/mol. The van der Waals surface area contributed by atoms with Crippen LogP contribution in [-0.2, 0) is 0 Å². The fraction of sp³-hybridized carbons (Fsp3) is 0.417. The standard InChI is InChI=1S/C12H16N2O/c1-9-5-3-6-11(10(9)2)12(15)14-8-4-7-13-14/h3,5-6,13H,4,7-8H2,1-2H3. The summed E-state index contributed by atoms with van der Waals surface area (Å²) in [5, 5.41) is 1.71. The highest BCUT2D eigenvalue weighted by molar-refractivity contribution is 5.95. The molecule has 0 aromatic heterocycles. The van der Waals surface area contributed by atoms with Crippen molar-refractivity contribution in [3.63, 3.8) is 0 Å². The summed E-state index contributed by atoms with van der Waals surface area (Å²) in [6.07, 6.45) is 1.04. The van der Waals surface area contributed by atoms with E-state index in [4.69, 9.17) is 0 Å². The van der Waals surface area contributed by atoms with Gasteiger partial charge in [-0.1, -0.05) is 12.1 Å². The molecule has 1 aliphatic rings. The van der Waals surface area contributed by atoms with Gasteiger partial charge in [-0.25, -0.2) is 5.43 Å². The Morgan fingerprint density at radius 2 is 2.20 bits per heavy atom. The third kappa shape index (κ3) is 1.88. The Hall–Kier alpha value is -1.35. The lowest BCUT2D eigenvalue weighted by atomic mass is 10.0. The second-order valence-corrected chi connectivity index (χ2v) is 3.97. The van der Waals surface area contributed by atoms with Crippen LogP contribution in [0.15, 0.2) is 18.2 Å². The van der Waals surface area contributed by atoms with Gasteiger partial charge in [0.05, 0.1) is 0 Å². The van der Waals surface area contributed by atoms with Gasteiger partial charge in [-0.2, -0.15) is 0 Å². The van der Waals surface area contributed by atoms with Crippen LogP contribution in [0, 0.1) is 13.8 Å². The summed E-state index contributed by atoms with van der Waals surface area (Å²) in [6, 6.07) is 5.86. The van der Waals surface area contributed by atoms with Gasteiger partial charge >= 0.3 is 0 Å². The Morgan fingerprint density at radius 3 is 2.87 bits per heavy atom. The van der Waals surface area contributed by atoms with Crippen molar-refractivity contribution in [3.8, 4) is 0 Å². The Labute approximate surface area is 90.1 Å². The molecule has 0 spiro atoms. The fourth-order valence-electron chi connectivity index (χ4n) is 1.83. The van der Waals surface area contributed by atoms with Crippen LogP contribution in [0.5, 0.6) is 0 Å². The molecule has 1 aliphatic heterocycles. The van der Waals surface area contributed by atoms with Gasteiger partial charge in [-0.3, -0.25) is 9.80 Å². The maximum absolute atomic E-state index is 12.1. The van der Waals surface area contributed by atoms with Gasteiger partial charge in [-0.05, 0) is 37.5 Å². The van der Waals surface area contributed by atoms with Crippen LogP contribution in [-0.4, -0.2) is 24.0 Å². The van der Waals surface area contributed by atoms with E-state index in [1.807, 2.05) is 32.0 Å². The van der Waals surface area contributed by atoms with Crippen molar-refractivity contribution in [2.45, 2.75) is 20.3 Å². The second-order valence-electron chi connectivity index (χ2n) is 3.97. The largest absolute Gasteiger partial charge is 0.274 e. The van der Waals surface area contributed by atoms with Gasteiger partial charge in [0.1, 0.15) is 0 Å². The van der Waals surface area contributed by atoms with Crippen LogP contribution in [0.25, 0.3) is 0 Å². The minimum absolute atomic E-state index is 0.0914. The first-order valence-electron chi connectivity index (χ1n) is 5.32. The van der Waals surface area contributed by atoms with Crippen molar-refractivity contribution in [2.75, 3.05) is 13.1 Å². The van der Waals surface area contributed by atoms with Gasteiger partial charge < -0.3 is 0 Å². The molecule has 0 atom stereocenters. The zero-order valence-corrected chi connectivity index (χ0v) is 9.21. The lowest BCUT2D eigenvalue weighted by Crippen LogP contribution is -2.37. The number of carbonyl (C=O) groups excluding carboxylic acids is 1.